The van der Waals surface area contributed by atoms with E-state index in [1.165, 1.54) is 4.68 Å². The second-order valence-electron chi connectivity index (χ2n) is 4.56. The van der Waals surface area contributed by atoms with Crippen LogP contribution in [0.4, 0.5) is 0 Å². The first-order valence-corrected chi connectivity index (χ1v) is 7.17. The fourth-order valence-electron chi connectivity index (χ4n) is 2.21. The molecule has 6 heteroatoms. The second-order valence-corrected chi connectivity index (χ2v) is 4.93. The first-order valence-electron chi connectivity index (χ1n) is 6.63. The number of alkyl halides is 1. The van der Waals surface area contributed by atoms with Crippen molar-refractivity contribution in [1.29, 1.82) is 0 Å². The lowest BCUT2D eigenvalue weighted by atomic mass is 10.1. The molecule has 0 bridgehead atoms. The molecule has 0 saturated carbocycles. The topological polar surface area (TPSA) is 60.7 Å². The molecular weight excluding hydrogens is 288 g/mol. The summed E-state index contributed by atoms with van der Waals surface area (Å²) < 4.78 is 1.45. The molecule has 0 fully saturated rings. The average molecular weight is 301 g/mol. The Morgan fingerprint density at radius 3 is 2.67 bits per heavy atom. The maximum atomic E-state index is 12.4. The highest BCUT2D eigenvalue weighted by Gasteiger charge is 2.12. The molecule has 2 aromatic heterocycles. The first-order chi connectivity index (χ1) is 10.3. The number of halogens is 1. The van der Waals surface area contributed by atoms with Crippen LogP contribution >= 0.6 is 11.6 Å². The smallest absolute Gasteiger partial charge is 0.267 e. The van der Waals surface area contributed by atoms with Gasteiger partial charge in [-0.15, -0.1) is 11.6 Å². The number of hydrogen-bond acceptors (Lipinski definition) is 4. The molecule has 3 aromatic rings. The standard InChI is InChI=1S/C15H13ClN4O/c16-6-3-9-20-15(21)12-5-2-1-4-11(12)14(19-20)13-10-17-7-8-18-13/h1-2,4-5,7-8,10H,3,6,9H2. The molecule has 2 heterocycles. The number of fused-ring (bicyclic) bond motifs is 1. The summed E-state index contributed by atoms with van der Waals surface area (Å²) in [5, 5.41) is 5.86. The number of aryl methyl sites for hydroxylation is 1. The van der Waals surface area contributed by atoms with E-state index in [-0.39, 0.29) is 5.56 Å². The van der Waals surface area contributed by atoms with Crippen molar-refractivity contribution in [2.75, 3.05) is 5.88 Å². The molecule has 0 radical (unpaired) electrons. The molecule has 1 aromatic carbocycles. The molecule has 21 heavy (non-hydrogen) atoms. The average Bonchev–Trinajstić information content (AvgIpc) is 2.55. The number of nitrogens with zero attached hydrogens (tertiary/aromatic N) is 4. The Morgan fingerprint density at radius 2 is 1.95 bits per heavy atom. The van der Waals surface area contributed by atoms with Crippen molar-refractivity contribution in [3.63, 3.8) is 0 Å². The minimum absolute atomic E-state index is 0.108. The van der Waals surface area contributed by atoms with Gasteiger partial charge in [-0.3, -0.25) is 14.8 Å². The maximum absolute atomic E-state index is 12.4. The van der Waals surface area contributed by atoms with Gasteiger partial charge in [0, 0.05) is 30.2 Å². The second kappa shape index (κ2) is 6.01. The van der Waals surface area contributed by atoms with Crippen molar-refractivity contribution in [1.82, 2.24) is 19.7 Å². The third-order valence-electron chi connectivity index (χ3n) is 3.18. The number of aromatic nitrogens is 4. The van der Waals surface area contributed by atoms with Gasteiger partial charge in [-0.25, -0.2) is 4.68 Å². The zero-order chi connectivity index (χ0) is 14.7. The van der Waals surface area contributed by atoms with Crippen LogP contribution in [0.5, 0.6) is 0 Å². The maximum Gasteiger partial charge on any atom is 0.274 e. The zero-order valence-electron chi connectivity index (χ0n) is 11.2. The Hall–Kier alpha value is -2.27. The molecule has 0 N–H and O–H groups in total. The first kappa shape index (κ1) is 13.7. The predicted molar refractivity (Wildman–Crippen MR) is 82.4 cm³/mol. The molecule has 3 rings (SSSR count). The van der Waals surface area contributed by atoms with Gasteiger partial charge in [0.15, 0.2) is 0 Å². The number of rotatable bonds is 4. The Balaban J connectivity index is 2.27. The minimum atomic E-state index is -0.108. The number of benzene rings is 1. The normalized spacial score (nSPS) is 10.9. The Bertz CT molecular complexity index is 817. The summed E-state index contributed by atoms with van der Waals surface area (Å²) in [4.78, 5) is 20.8. The van der Waals surface area contributed by atoms with Gasteiger partial charge in [-0.05, 0) is 12.5 Å². The third kappa shape index (κ3) is 2.64. The van der Waals surface area contributed by atoms with Gasteiger partial charge in [0.1, 0.15) is 11.4 Å². The highest BCUT2D eigenvalue weighted by atomic mass is 35.5. The Morgan fingerprint density at radius 1 is 1.14 bits per heavy atom. The van der Waals surface area contributed by atoms with Crippen molar-refractivity contribution in [3.8, 4) is 11.4 Å². The number of hydrogen-bond donors (Lipinski definition) is 0. The van der Waals surface area contributed by atoms with E-state index >= 15 is 0 Å². The highest BCUT2D eigenvalue weighted by molar-refractivity contribution is 6.17. The molecule has 106 valence electrons. The van der Waals surface area contributed by atoms with E-state index in [9.17, 15) is 4.79 Å². The van der Waals surface area contributed by atoms with Gasteiger partial charge < -0.3 is 0 Å². The van der Waals surface area contributed by atoms with E-state index in [0.717, 1.165) is 5.39 Å². The quantitative estimate of drug-likeness (QED) is 0.695. The van der Waals surface area contributed by atoms with Gasteiger partial charge in [0.2, 0.25) is 0 Å². The van der Waals surface area contributed by atoms with Crippen molar-refractivity contribution >= 4 is 22.4 Å². The predicted octanol–water partition coefficient (Wildman–Crippen LogP) is 2.48. The van der Waals surface area contributed by atoms with Crippen molar-refractivity contribution < 1.29 is 0 Å². The molecule has 0 saturated heterocycles. The van der Waals surface area contributed by atoms with E-state index in [1.807, 2.05) is 18.2 Å². The van der Waals surface area contributed by atoms with Crippen LogP contribution in [-0.4, -0.2) is 25.6 Å². The monoisotopic (exact) mass is 300 g/mol. The lowest BCUT2D eigenvalue weighted by Gasteiger charge is -2.09. The van der Waals surface area contributed by atoms with Crippen LogP contribution in [0.1, 0.15) is 6.42 Å². The van der Waals surface area contributed by atoms with Gasteiger partial charge in [0.05, 0.1) is 11.6 Å². The van der Waals surface area contributed by atoms with Crippen molar-refractivity contribution in [2.45, 2.75) is 13.0 Å². The molecule has 0 atom stereocenters. The van der Waals surface area contributed by atoms with Crippen molar-refractivity contribution in [3.05, 3.63) is 53.2 Å². The largest absolute Gasteiger partial charge is 0.274 e. The third-order valence-corrected chi connectivity index (χ3v) is 3.44. The van der Waals surface area contributed by atoms with Gasteiger partial charge in [0.25, 0.3) is 5.56 Å². The van der Waals surface area contributed by atoms with E-state index < -0.39 is 0 Å². The van der Waals surface area contributed by atoms with Crippen LogP contribution < -0.4 is 5.56 Å². The Labute approximate surface area is 126 Å². The summed E-state index contributed by atoms with van der Waals surface area (Å²) in [5.41, 5.74) is 1.20. The van der Waals surface area contributed by atoms with Gasteiger partial charge in [-0.1, -0.05) is 18.2 Å². The summed E-state index contributed by atoms with van der Waals surface area (Å²) in [7, 11) is 0. The molecule has 0 aliphatic rings. The van der Waals surface area contributed by atoms with Crippen LogP contribution in [-0.2, 0) is 6.54 Å². The van der Waals surface area contributed by atoms with E-state index in [1.54, 1.807) is 24.7 Å². The van der Waals surface area contributed by atoms with Crippen LogP contribution in [0, 0.1) is 0 Å². The summed E-state index contributed by atoms with van der Waals surface area (Å²) in [6.45, 7) is 0.487. The molecule has 0 unspecified atom stereocenters. The zero-order valence-corrected chi connectivity index (χ0v) is 12.0. The molecule has 0 aliphatic heterocycles. The van der Waals surface area contributed by atoms with Crippen LogP contribution in [0.25, 0.3) is 22.2 Å². The van der Waals surface area contributed by atoms with E-state index in [0.29, 0.717) is 35.6 Å². The van der Waals surface area contributed by atoms with Crippen molar-refractivity contribution in [2.24, 2.45) is 0 Å². The minimum Gasteiger partial charge on any atom is -0.267 e. The Kier molecular flexibility index (Phi) is 3.92. The summed E-state index contributed by atoms with van der Waals surface area (Å²) in [5.74, 6) is 0.488. The fourth-order valence-corrected chi connectivity index (χ4v) is 2.33. The fraction of sp³-hybridized carbons (Fsp3) is 0.200. The van der Waals surface area contributed by atoms with Gasteiger partial charge in [-0.2, -0.15) is 5.10 Å². The molecule has 5 nitrogen and oxygen atoms in total. The van der Waals surface area contributed by atoms with Crippen LogP contribution in [0.15, 0.2) is 47.7 Å². The molecular formula is C15H13ClN4O. The van der Waals surface area contributed by atoms with Crippen LogP contribution in [0.2, 0.25) is 0 Å². The molecule has 0 aliphatic carbocycles. The lowest BCUT2D eigenvalue weighted by Crippen LogP contribution is -2.24. The van der Waals surface area contributed by atoms with E-state index in [2.05, 4.69) is 15.1 Å². The van der Waals surface area contributed by atoms with Gasteiger partial charge >= 0.3 is 0 Å². The highest BCUT2D eigenvalue weighted by Crippen LogP contribution is 2.21. The summed E-state index contributed by atoms with van der Waals surface area (Å²) in [6, 6.07) is 7.40. The lowest BCUT2D eigenvalue weighted by molar-refractivity contribution is 0.578. The summed E-state index contributed by atoms with van der Waals surface area (Å²) >= 11 is 5.71. The molecule has 0 spiro atoms. The molecule has 0 amide bonds. The van der Waals surface area contributed by atoms with Crippen LogP contribution in [0.3, 0.4) is 0 Å². The van der Waals surface area contributed by atoms with E-state index in [4.69, 9.17) is 11.6 Å². The SMILES string of the molecule is O=c1c2ccccc2c(-c2cnccn2)nn1CCCCl. The summed E-state index contributed by atoms with van der Waals surface area (Å²) in [6.07, 6.45) is 5.55.